The van der Waals surface area contributed by atoms with Gasteiger partial charge in [-0.25, -0.2) is 19.9 Å². The fourth-order valence-corrected chi connectivity index (χ4v) is 1.62. The van der Waals surface area contributed by atoms with Gasteiger partial charge in [-0.15, -0.1) is 0 Å². The second-order valence-electron chi connectivity index (χ2n) is 4.65. The van der Waals surface area contributed by atoms with Crippen molar-refractivity contribution in [1.82, 2.24) is 25.3 Å². The highest BCUT2D eigenvalue weighted by molar-refractivity contribution is 5.41. The monoisotopic (exact) mass is 241 g/mol. The van der Waals surface area contributed by atoms with Crippen LogP contribution in [0.3, 0.4) is 0 Å². The van der Waals surface area contributed by atoms with Crippen molar-refractivity contribution in [3.63, 3.8) is 0 Å². The van der Waals surface area contributed by atoms with Gasteiger partial charge in [0.05, 0.1) is 0 Å². The molecule has 0 radical (unpaired) electrons. The van der Waals surface area contributed by atoms with E-state index in [-0.39, 0.29) is 0 Å². The van der Waals surface area contributed by atoms with Crippen LogP contribution in [-0.4, -0.2) is 26.0 Å². The quantitative estimate of drug-likeness (QED) is 0.878. The van der Waals surface area contributed by atoms with Crippen molar-refractivity contribution in [2.45, 2.75) is 32.4 Å². The van der Waals surface area contributed by atoms with Crippen molar-refractivity contribution in [3.05, 3.63) is 35.9 Å². The van der Waals surface area contributed by atoms with Gasteiger partial charge in [0.1, 0.15) is 0 Å². The molecule has 2 heterocycles. The molecule has 2 aromatic heterocycles. The molecule has 1 fully saturated rings. The van der Waals surface area contributed by atoms with Gasteiger partial charge in [-0.1, -0.05) is 0 Å². The summed E-state index contributed by atoms with van der Waals surface area (Å²) < 4.78 is 0. The van der Waals surface area contributed by atoms with Gasteiger partial charge in [-0.05, 0) is 25.3 Å². The molecule has 0 atom stereocenters. The molecule has 18 heavy (non-hydrogen) atoms. The summed E-state index contributed by atoms with van der Waals surface area (Å²) in [6, 6.07) is 0.699. The maximum Gasteiger partial charge on any atom is 0.197 e. The first-order valence-corrected chi connectivity index (χ1v) is 6.14. The molecule has 3 rings (SSSR count). The van der Waals surface area contributed by atoms with E-state index in [1.165, 1.54) is 12.8 Å². The average Bonchev–Trinajstić information content (AvgIpc) is 3.22. The first-order valence-electron chi connectivity index (χ1n) is 6.14. The van der Waals surface area contributed by atoms with E-state index in [2.05, 4.69) is 25.3 Å². The largest absolute Gasteiger partial charge is 0.310 e. The Hall–Kier alpha value is -1.88. The summed E-state index contributed by atoms with van der Waals surface area (Å²) in [6.45, 7) is 2.79. The van der Waals surface area contributed by atoms with Gasteiger partial charge < -0.3 is 5.32 Å². The number of aromatic nitrogens is 4. The van der Waals surface area contributed by atoms with Gasteiger partial charge in [0.15, 0.2) is 11.6 Å². The smallest absolute Gasteiger partial charge is 0.197 e. The molecule has 0 unspecified atom stereocenters. The number of nitrogens with one attached hydrogen (secondary N) is 1. The van der Waals surface area contributed by atoms with Crippen LogP contribution in [0.1, 0.15) is 24.0 Å². The van der Waals surface area contributed by atoms with E-state index in [9.17, 15) is 0 Å². The fourth-order valence-electron chi connectivity index (χ4n) is 1.62. The third kappa shape index (κ3) is 2.68. The molecular weight excluding hydrogens is 226 g/mol. The number of hydrogen-bond acceptors (Lipinski definition) is 5. The second-order valence-corrected chi connectivity index (χ2v) is 4.65. The zero-order valence-corrected chi connectivity index (χ0v) is 10.3. The van der Waals surface area contributed by atoms with Gasteiger partial charge in [0.25, 0.3) is 0 Å². The van der Waals surface area contributed by atoms with Crippen molar-refractivity contribution in [1.29, 1.82) is 0 Å². The zero-order chi connectivity index (χ0) is 12.4. The molecule has 0 bridgehead atoms. The van der Waals surface area contributed by atoms with E-state index in [0.29, 0.717) is 17.7 Å². The Kier molecular flexibility index (Phi) is 2.98. The van der Waals surface area contributed by atoms with Gasteiger partial charge in [0.2, 0.25) is 0 Å². The normalized spacial score (nSPS) is 14.7. The summed E-state index contributed by atoms with van der Waals surface area (Å²) in [5, 5.41) is 3.43. The van der Waals surface area contributed by atoms with Gasteiger partial charge in [-0.2, -0.15) is 0 Å². The molecule has 0 amide bonds. The molecule has 1 saturated carbocycles. The zero-order valence-electron chi connectivity index (χ0n) is 10.3. The van der Waals surface area contributed by atoms with Crippen LogP contribution in [0.4, 0.5) is 0 Å². The average molecular weight is 241 g/mol. The minimum Gasteiger partial charge on any atom is -0.310 e. The molecule has 0 spiro atoms. The molecular formula is C13H15N5. The predicted octanol–water partition coefficient (Wildman–Crippen LogP) is 1.49. The standard InChI is InChI=1S/C13H15N5/c1-9-4-15-12(16-5-9)13-17-7-10(8-18-13)6-14-11-2-3-11/h4-5,7-8,11,14H,2-3,6H2,1H3. The van der Waals surface area contributed by atoms with Crippen molar-refractivity contribution in [3.8, 4) is 11.6 Å². The molecule has 5 heteroatoms. The Morgan fingerprint density at radius 1 is 1.00 bits per heavy atom. The third-order valence-electron chi connectivity index (χ3n) is 2.86. The molecule has 0 saturated heterocycles. The number of nitrogens with zero attached hydrogens (tertiary/aromatic N) is 4. The molecule has 1 N–H and O–H groups in total. The van der Waals surface area contributed by atoms with Gasteiger partial charge in [0, 0.05) is 42.9 Å². The van der Waals surface area contributed by atoms with Crippen molar-refractivity contribution < 1.29 is 0 Å². The Bertz CT molecular complexity index is 516. The maximum absolute atomic E-state index is 4.30. The van der Waals surface area contributed by atoms with E-state index < -0.39 is 0 Å². The molecule has 0 aliphatic heterocycles. The lowest BCUT2D eigenvalue weighted by Gasteiger charge is -2.03. The summed E-state index contributed by atoms with van der Waals surface area (Å²) in [6.07, 6.45) is 9.79. The van der Waals surface area contributed by atoms with E-state index in [0.717, 1.165) is 17.7 Å². The SMILES string of the molecule is Cc1cnc(-c2ncc(CNC3CC3)cn2)nc1. The second kappa shape index (κ2) is 4.78. The van der Waals surface area contributed by atoms with E-state index in [4.69, 9.17) is 0 Å². The lowest BCUT2D eigenvalue weighted by Crippen LogP contribution is -2.15. The molecule has 92 valence electrons. The van der Waals surface area contributed by atoms with Crippen LogP contribution < -0.4 is 5.32 Å². The minimum atomic E-state index is 0.572. The minimum absolute atomic E-state index is 0.572. The maximum atomic E-state index is 4.30. The predicted molar refractivity (Wildman–Crippen MR) is 67.7 cm³/mol. The summed E-state index contributed by atoms with van der Waals surface area (Å²) in [5.41, 5.74) is 2.13. The van der Waals surface area contributed by atoms with Crippen LogP contribution in [0.15, 0.2) is 24.8 Å². The Balaban J connectivity index is 1.71. The summed E-state index contributed by atoms with van der Waals surface area (Å²) in [4.78, 5) is 17.0. The van der Waals surface area contributed by atoms with Crippen LogP contribution in [0, 0.1) is 6.92 Å². The topological polar surface area (TPSA) is 63.6 Å². The Morgan fingerprint density at radius 3 is 2.11 bits per heavy atom. The van der Waals surface area contributed by atoms with Gasteiger partial charge in [-0.3, -0.25) is 0 Å². The number of rotatable bonds is 4. The van der Waals surface area contributed by atoms with E-state index in [1.54, 1.807) is 12.4 Å². The third-order valence-corrected chi connectivity index (χ3v) is 2.86. The first-order chi connectivity index (χ1) is 8.81. The van der Waals surface area contributed by atoms with Crippen molar-refractivity contribution >= 4 is 0 Å². The fraction of sp³-hybridized carbons (Fsp3) is 0.385. The molecule has 0 aromatic carbocycles. The van der Waals surface area contributed by atoms with Crippen molar-refractivity contribution in [2.24, 2.45) is 0 Å². The highest BCUT2D eigenvalue weighted by Crippen LogP contribution is 2.19. The van der Waals surface area contributed by atoms with Crippen LogP contribution in [0.2, 0.25) is 0 Å². The first kappa shape index (κ1) is 11.2. The molecule has 2 aromatic rings. The number of aryl methyl sites for hydroxylation is 1. The highest BCUT2D eigenvalue weighted by Gasteiger charge is 2.19. The molecule has 1 aliphatic rings. The summed E-state index contributed by atoms with van der Waals surface area (Å²) in [7, 11) is 0. The summed E-state index contributed by atoms with van der Waals surface area (Å²) >= 11 is 0. The van der Waals surface area contributed by atoms with Crippen LogP contribution >= 0.6 is 0 Å². The Labute approximate surface area is 106 Å². The summed E-state index contributed by atoms with van der Waals surface area (Å²) in [5.74, 6) is 1.15. The number of hydrogen-bond donors (Lipinski definition) is 1. The molecule has 5 nitrogen and oxygen atoms in total. The van der Waals surface area contributed by atoms with Crippen LogP contribution in [-0.2, 0) is 6.54 Å². The van der Waals surface area contributed by atoms with Gasteiger partial charge >= 0.3 is 0 Å². The van der Waals surface area contributed by atoms with Crippen molar-refractivity contribution in [2.75, 3.05) is 0 Å². The van der Waals surface area contributed by atoms with Crippen LogP contribution in [0.25, 0.3) is 11.6 Å². The Morgan fingerprint density at radius 2 is 1.56 bits per heavy atom. The molecule has 1 aliphatic carbocycles. The highest BCUT2D eigenvalue weighted by atomic mass is 15.0. The lowest BCUT2D eigenvalue weighted by atomic mass is 10.3. The van der Waals surface area contributed by atoms with E-state index in [1.807, 2.05) is 19.3 Å². The lowest BCUT2D eigenvalue weighted by molar-refractivity contribution is 0.683. The van der Waals surface area contributed by atoms with Crippen LogP contribution in [0.5, 0.6) is 0 Å². The van der Waals surface area contributed by atoms with E-state index >= 15 is 0 Å².